The molecule has 150 valence electrons. The van der Waals surface area contributed by atoms with Crippen LogP contribution in [-0.4, -0.2) is 20.7 Å². The molecule has 0 bridgehead atoms. The molecule has 4 aromatic rings. The predicted octanol–water partition coefficient (Wildman–Crippen LogP) is 5.77. The molecule has 5 nitrogen and oxygen atoms in total. The highest BCUT2D eigenvalue weighted by molar-refractivity contribution is 6.30. The van der Waals surface area contributed by atoms with Crippen molar-refractivity contribution >= 4 is 23.2 Å². The molecule has 0 fully saturated rings. The molecule has 0 aliphatic rings. The Balaban J connectivity index is 1.77. The van der Waals surface area contributed by atoms with Crippen molar-refractivity contribution in [2.75, 3.05) is 5.32 Å². The lowest BCUT2D eigenvalue weighted by molar-refractivity contribution is 0.101. The topological polar surface area (TPSA) is 59.8 Å². The van der Waals surface area contributed by atoms with Crippen LogP contribution < -0.4 is 5.32 Å². The van der Waals surface area contributed by atoms with E-state index in [-0.39, 0.29) is 11.7 Å². The number of benzene rings is 3. The Morgan fingerprint density at radius 3 is 2.40 bits per heavy atom. The van der Waals surface area contributed by atoms with Gasteiger partial charge in [-0.3, -0.25) is 4.79 Å². The van der Waals surface area contributed by atoms with Gasteiger partial charge in [0, 0.05) is 16.3 Å². The van der Waals surface area contributed by atoms with Crippen molar-refractivity contribution in [2.24, 2.45) is 0 Å². The molecule has 1 aromatic heterocycles. The number of nitrogens with zero attached hydrogens (tertiary/aromatic N) is 3. The second kappa shape index (κ2) is 8.13. The first-order chi connectivity index (χ1) is 14.4. The molecule has 0 saturated heterocycles. The Morgan fingerprint density at radius 1 is 0.933 bits per heavy atom. The molecule has 0 radical (unpaired) electrons. The first-order valence-electron chi connectivity index (χ1n) is 9.59. The van der Waals surface area contributed by atoms with Crippen LogP contribution in [0.4, 0.5) is 5.69 Å². The van der Waals surface area contributed by atoms with E-state index in [2.05, 4.69) is 15.4 Å². The van der Waals surface area contributed by atoms with Crippen molar-refractivity contribution in [3.8, 4) is 17.1 Å². The van der Waals surface area contributed by atoms with Crippen molar-refractivity contribution in [1.82, 2.24) is 14.8 Å². The molecule has 0 aliphatic heterocycles. The van der Waals surface area contributed by atoms with Gasteiger partial charge in [0.2, 0.25) is 5.82 Å². The Labute approximate surface area is 180 Å². The number of anilines is 1. The van der Waals surface area contributed by atoms with E-state index in [0.29, 0.717) is 10.8 Å². The van der Waals surface area contributed by atoms with Crippen LogP contribution in [0.5, 0.6) is 0 Å². The van der Waals surface area contributed by atoms with Crippen LogP contribution in [-0.2, 0) is 0 Å². The molecule has 3 aromatic carbocycles. The fourth-order valence-corrected chi connectivity index (χ4v) is 3.31. The summed E-state index contributed by atoms with van der Waals surface area (Å²) in [4.78, 5) is 17.5. The second-order valence-corrected chi connectivity index (χ2v) is 7.73. The number of rotatable bonds is 4. The van der Waals surface area contributed by atoms with E-state index in [1.807, 2.05) is 75.4 Å². The van der Waals surface area contributed by atoms with Gasteiger partial charge < -0.3 is 5.32 Å². The number of hydrogen-bond donors (Lipinski definition) is 1. The van der Waals surface area contributed by atoms with E-state index in [9.17, 15) is 4.79 Å². The number of carbonyl (C=O) groups is 1. The largest absolute Gasteiger partial charge is 0.319 e. The second-order valence-electron chi connectivity index (χ2n) is 7.29. The molecule has 4 rings (SSSR count). The van der Waals surface area contributed by atoms with Crippen molar-refractivity contribution in [1.29, 1.82) is 0 Å². The summed E-state index contributed by atoms with van der Waals surface area (Å²) >= 11 is 6.04. The molecule has 0 unspecified atom stereocenters. The lowest BCUT2D eigenvalue weighted by Crippen LogP contribution is -2.15. The van der Waals surface area contributed by atoms with Gasteiger partial charge in [-0.2, -0.15) is 0 Å². The standard InChI is InChI=1S/C24H21ClN4O/c1-15-5-4-6-20(13-15)29-23(18-9-11-19(25)12-10-18)27-22(28-29)24(30)26-21-14-16(2)7-8-17(21)3/h4-14H,1-3H3,(H,26,30). The minimum Gasteiger partial charge on any atom is -0.319 e. The molecular formula is C24H21ClN4O. The lowest BCUT2D eigenvalue weighted by atomic mass is 10.1. The predicted molar refractivity (Wildman–Crippen MR) is 120 cm³/mol. The summed E-state index contributed by atoms with van der Waals surface area (Å²) < 4.78 is 1.69. The van der Waals surface area contributed by atoms with E-state index in [4.69, 9.17) is 11.6 Å². The van der Waals surface area contributed by atoms with E-state index in [0.717, 1.165) is 33.6 Å². The summed E-state index contributed by atoms with van der Waals surface area (Å²) in [5, 5.41) is 8.09. The van der Waals surface area contributed by atoms with Gasteiger partial charge in [0.25, 0.3) is 5.91 Å². The Bertz CT molecular complexity index is 1230. The maximum atomic E-state index is 13.0. The summed E-state index contributed by atoms with van der Waals surface area (Å²) in [6, 6.07) is 21.1. The highest BCUT2D eigenvalue weighted by Crippen LogP contribution is 2.24. The third kappa shape index (κ3) is 4.11. The van der Waals surface area contributed by atoms with Crippen LogP contribution >= 0.6 is 11.6 Å². The van der Waals surface area contributed by atoms with Crippen LogP contribution in [0.3, 0.4) is 0 Å². The van der Waals surface area contributed by atoms with Gasteiger partial charge in [0.15, 0.2) is 5.82 Å². The Hall–Kier alpha value is -3.44. The number of aromatic nitrogens is 3. The van der Waals surface area contributed by atoms with Crippen LogP contribution in [0.2, 0.25) is 5.02 Å². The van der Waals surface area contributed by atoms with Crippen molar-refractivity contribution in [3.63, 3.8) is 0 Å². The third-order valence-corrected chi connectivity index (χ3v) is 5.05. The number of carbonyl (C=O) groups excluding carboxylic acids is 1. The van der Waals surface area contributed by atoms with Crippen molar-refractivity contribution in [3.05, 3.63) is 94.3 Å². The number of hydrogen-bond acceptors (Lipinski definition) is 3. The van der Waals surface area contributed by atoms with Crippen LogP contribution in [0.15, 0.2) is 66.7 Å². The normalized spacial score (nSPS) is 10.8. The SMILES string of the molecule is Cc1cccc(-n2nc(C(=O)Nc3cc(C)ccc3C)nc2-c2ccc(Cl)cc2)c1. The monoisotopic (exact) mass is 416 g/mol. The fourth-order valence-electron chi connectivity index (χ4n) is 3.18. The van der Waals surface area contributed by atoms with Crippen LogP contribution in [0.1, 0.15) is 27.3 Å². The summed E-state index contributed by atoms with van der Waals surface area (Å²) in [7, 11) is 0. The summed E-state index contributed by atoms with van der Waals surface area (Å²) in [6.07, 6.45) is 0. The average Bonchev–Trinajstić information content (AvgIpc) is 3.17. The quantitative estimate of drug-likeness (QED) is 0.459. The zero-order valence-corrected chi connectivity index (χ0v) is 17.7. The molecule has 0 atom stereocenters. The fraction of sp³-hybridized carbons (Fsp3) is 0.125. The van der Waals surface area contributed by atoms with E-state index in [1.54, 1.807) is 16.8 Å². The number of aryl methyl sites for hydroxylation is 3. The third-order valence-electron chi connectivity index (χ3n) is 4.80. The number of halogens is 1. The molecular weight excluding hydrogens is 396 g/mol. The van der Waals surface area contributed by atoms with Gasteiger partial charge in [-0.25, -0.2) is 9.67 Å². The highest BCUT2D eigenvalue weighted by Gasteiger charge is 2.19. The van der Waals surface area contributed by atoms with Crippen molar-refractivity contribution in [2.45, 2.75) is 20.8 Å². The number of nitrogens with one attached hydrogen (secondary N) is 1. The Kier molecular flexibility index (Phi) is 5.38. The van der Waals surface area contributed by atoms with E-state index >= 15 is 0 Å². The summed E-state index contributed by atoms with van der Waals surface area (Å²) in [5.74, 6) is 0.316. The first-order valence-corrected chi connectivity index (χ1v) is 9.97. The molecule has 1 heterocycles. The average molecular weight is 417 g/mol. The van der Waals surface area contributed by atoms with Crippen LogP contribution in [0.25, 0.3) is 17.1 Å². The minimum absolute atomic E-state index is 0.0994. The maximum Gasteiger partial charge on any atom is 0.295 e. The molecule has 6 heteroatoms. The van der Waals surface area contributed by atoms with Gasteiger partial charge in [-0.05, 0) is 79.9 Å². The molecule has 0 spiro atoms. The van der Waals surface area contributed by atoms with Gasteiger partial charge >= 0.3 is 0 Å². The van der Waals surface area contributed by atoms with Gasteiger partial charge in [-0.15, -0.1) is 5.10 Å². The minimum atomic E-state index is -0.356. The van der Waals surface area contributed by atoms with Crippen LogP contribution in [0, 0.1) is 20.8 Å². The van der Waals surface area contributed by atoms with Gasteiger partial charge in [-0.1, -0.05) is 35.9 Å². The summed E-state index contributed by atoms with van der Waals surface area (Å²) in [6.45, 7) is 5.95. The first kappa shape index (κ1) is 19.9. The lowest BCUT2D eigenvalue weighted by Gasteiger charge is -2.07. The number of amides is 1. The molecule has 0 aliphatic carbocycles. The molecule has 1 amide bonds. The highest BCUT2D eigenvalue weighted by atomic mass is 35.5. The molecule has 0 saturated carbocycles. The van der Waals surface area contributed by atoms with Gasteiger partial charge in [0.1, 0.15) is 0 Å². The molecule has 30 heavy (non-hydrogen) atoms. The van der Waals surface area contributed by atoms with E-state index < -0.39 is 0 Å². The van der Waals surface area contributed by atoms with E-state index in [1.165, 1.54) is 0 Å². The maximum absolute atomic E-state index is 13.0. The summed E-state index contributed by atoms with van der Waals surface area (Å²) in [5.41, 5.74) is 5.53. The van der Waals surface area contributed by atoms with Gasteiger partial charge in [0.05, 0.1) is 5.69 Å². The smallest absolute Gasteiger partial charge is 0.295 e. The van der Waals surface area contributed by atoms with Crippen molar-refractivity contribution < 1.29 is 4.79 Å². The molecule has 1 N–H and O–H groups in total. The zero-order chi connectivity index (χ0) is 21.3. The Morgan fingerprint density at radius 2 is 1.67 bits per heavy atom. The zero-order valence-electron chi connectivity index (χ0n) is 17.0.